The van der Waals surface area contributed by atoms with Gasteiger partial charge < -0.3 is 9.84 Å². The maximum Gasteiger partial charge on any atom is 0.151 e. The second-order valence-corrected chi connectivity index (χ2v) is 2.53. The van der Waals surface area contributed by atoms with E-state index in [0.717, 1.165) is 6.42 Å². The molecule has 0 spiro atoms. The Morgan fingerprint density at radius 3 is 2.50 bits per heavy atom. The average Bonchev–Trinajstić information content (AvgIpc) is 1.87. The summed E-state index contributed by atoms with van der Waals surface area (Å²) in [6, 6.07) is 0. The second-order valence-electron chi connectivity index (χ2n) is 2.53. The lowest BCUT2D eigenvalue weighted by Crippen LogP contribution is -2.06. The Balaban J connectivity index is 2.77. The minimum absolute atomic E-state index is 0.596. The van der Waals surface area contributed by atoms with E-state index in [4.69, 9.17) is 9.84 Å². The molecule has 0 aromatic heterocycles. The Kier molecular flexibility index (Phi) is 6.98. The van der Waals surface area contributed by atoms with Gasteiger partial charge >= 0.3 is 0 Å². The van der Waals surface area contributed by atoms with E-state index >= 15 is 0 Å². The van der Waals surface area contributed by atoms with E-state index in [-0.39, 0.29) is 0 Å². The first-order valence-corrected chi connectivity index (χ1v) is 4.07. The minimum atomic E-state index is -0.596. The molecular formula is C8H18O2. The van der Waals surface area contributed by atoms with Crippen molar-refractivity contribution < 1.29 is 9.84 Å². The van der Waals surface area contributed by atoms with Gasteiger partial charge in [0.15, 0.2) is 6.29 Å². The topological polar surface area (TPSA) is 29.5 Å². The lowest BCUT2D eigenvalue weighted by atomic mass is 10.2. The van der Waals surface area contributed by atoms with Crippen LogP contribution in [0.3, 0.4) is 0 Å². The molecule has 1 atom stereocenters. The van der Waals surface area contributed by atoms with E-state index in [1.54, 1.807) is 6.92 Å². The molecule has 1 N–H and O–H groups in total. The van der Waals surface area contributed by atoms with Gasteiger partial charge in [0, 0.05) is 6.61 Å². The van der Waals surface area contributed by atoms with E-state index in [9.17, 15) is 0 Å². The average molecular weight is 146 g/mol. The fourth-order valence-corrected chi connectivity index (χ4v) is 0.783. The van der Waals surface area contributed by atoms with Crippen molar-refractivity contribution in [3.05, 3.63) is 0 Å². The van der Waals surface area contributed by atoms with Crippen molar-refractivity contribution in [2.45, 2.75) is 45.8 Å². The molecular weight excluding hydrogens is 128 g/mol. The van der Waals surface area contributed by atoms with E-state index in [1.165, 1.54) is 19.3 Å². The smallest absolute Gasteiger partial charge is 0.151 e. The van der Waals surface area contributed by atoms with Crippen molar-refractivity contribution in [3.8, 4) is 0 Å². The second kappa shape index (κ2) is 7.03. The normalized spacial score (nSPS) is 13.5. The molecule has 0 aliphatic rings. The van der Waals surface area contributed by atoms with Crippen LogP contribution in [0.1, 0.15) is 39.5 Å². The number of rotatable bonds is 6. The van der Waals surface area contributed by atoms with Crippen LogP contribution in [0, 0.1) is 0 Å². The molecule has 0 aliphatic carbocycles. The van der Waals surface area contributed by atoms with Crippen LogP contribution < -0.4 is 0 Å². The molecule has 0 radical (unpaired) electrons. The summed E-state index contributed by atoms with van der Waals surface area (Å²) in [6.07, 6.45) is 4.20. The zero-order valence-electron chi connectivity index (χ0n) is 6.97. The summed E-state index contributed by atoms with van der Waals surface area (Å²) >= 11 is 0. The first kappa shape index (κ1) is 9.92. The molecule has 0 saturated carbocycles. The number of aliphatic hydroxyl groups excluding tert-OH is 1. The summed E-state index contributed by atoms with van der Waals surface area (Å²) in [7, 11) is 0. The molecule has 0 rings (SSSR count). The van der Waals surface area contributed by atoms with Crippen LogP contribution in [-0.4, -0.2) is 18.0 Å². The van der Waals surface area contributed by atoms with Crippen molar-refractivity contribution in [2.75, 3.05) is 6.61 Å². The fourth-order valence-electron chi connectivity index (χ4n) is 0.783. The zero-order valence-corrected chi connectivity index (χ0v) is 6.97. The molecule has 10 heavy (non-hydrogen) atoms. The van der Waals surface area contributed by atoms with Gasteiger partial charge in [0.1, 0.15) is 0 Å². The van der Waals surface area contributed by atoms with E-state index < -0.39 is 6.29 Å². The summed E-state index contributed by atoms with van der Waals surface area (Å²) in [4.78, 5) is 0. The van der Waals surface area contributed by atoms with Crippen molar-refractivity contribution >= 4 is 0 Å². The van der Waals surface area contributed by atoms with Crippen LogP contribution in [-0.2, 0) is 4.74 Å². The Hall–Kier alpha value is -0.0800. The molecule has 0 fully saturated rings. The molecule has 0 bridgehead atoms. The van der Waals surface area contributed by atoms with Gasteiger partial charge in [-0.2, -0.15) is 0 Å². The first-order valence-electron chi connectivity index (χ1n) is 4.07. The molecule has 0 aromatic carbocycles. The number of aliphatic hydroxyl groups is 1. The molecule has 2 nitrogen and oxygen atoms in total. The molecule has 0 amide bonds. The highest BCUT2D eigenvalue weighted by atomic mass is 16.6. The van der Waals surface area contributed by atoms with Crippen LogP contribution >= 0.6 is 0 Å². The summed E-state index contributed by atoms with van der Waals surface area (Å²) in [5.41, 5.74) is 0. The minimum Gasteiger partial charge on any atom is -0.368 e. The maximum absolute atomic E-state index is 8.69. The Bertz CT molecular complexity index is 62.3. The van der Waals surface area contributed by atoms with Gasteiger partial charge in [-0.3, -0.25) is 0 Å². The lowest BCUT2D eigenvalue weighted by Gasteiger charge is -2.04. The zero-order chi connectivity index (χ0) is 7.82. The van der Waals surface area contributed by atoms with Gasteiger partial charge in [0.05, 0.1) is 0 Å². The largest absolute Gasteiger partial charge is 0.368 e. The highest BCUT2D eigenvalue weighted by Gasteiger charge is 1.92. The highest BCUT2D eigenvalue weighted by Crippen LogP contribution is 1.99. The van der Waals surface area contributed by atoms with E-state index in [0.29, 0.717) is 6.61 Å². The van der Waals surface area contributed by atoms with Crippen LogP contribution in [0.2, 0.25) is 0 Å². The van der Waals surface area contributed by atoms with Crippen molar-refractivity contribution in [3.63, 3.8) is 0 Å². The van der Waals surface area contributed by atoms with Crippen LogP contribution in [0.25, 0.3) is 0 Å². The summed E-state index contributed by atoms with van der Waals surface area (Å²) in [5, 5.41) is 8.69. The summed E-state index contributed by atoms with van der Waals surface area (Å²) in [5.74, 6) is 0. The Morgan fingerprint density at radius 1 is 1.30 bits per heavy atom. The quantitative estimate of drug-likeness (QED) is 0.458. The molecule has 0 heterocycles. The molecule has 62 valence electrons. The number of unbranched alkanes of at least 4 members (excludes halogenated alkanes) is 3. The van der Waals surface area contributed by atoms with Gasteiger partial charge in [0.2, 0.25) is 0 Å². The molecule has 2 heteroatoms. The predicted molar refractivity (Wildman–Crippen MR) is 41.8 cm³/mol. The van der Waals surface area contributed by atoms with Crippen LogP contribution in [0.4, 0.5) is 0 Å². The third kappa shape index (κ3) is 7.92. The van der Waals surface area contributed by atoms with Crippen molar-refractivity contribution in [1.29, 1.82) is 0 Å². The monoisotopic (exact) mass is 146 g/mol. The van der Waals surface area contributed by atoms with Gasteiger partial charge in [-0.1, -0.05) is 26.2 Å². The first-order chi connectivity index (χ1) is 4.77. The number of hydrogen-bond acceptors (Lipinski definition) is 2. The highest BCUT2D eigenvalue weighted by molar-refractivity contribution is 4.38. The van der Waals surface area contributed by atoms with Gasteiger partial charge in [-0.25, -0.2) is 0 Å². The van der Waals surface area contributed by atoms with E-state index in [2.05, 4.69) is 6.92 Å². The van der Waals surface area contributed by atoms with Gasteiger partial charge in [0.25, 0.3) is 0 Å². The fraction of sp³-hybridized carbons (Fsp3) is 1.00. The predicted octanol–water partition coefficient (Wildman–Crippen LogP) is 1.92. The van der Waals surface area contributed by atoms with Crippen LogP contribution in [0.15, 0.2) is 0 Å². The Morgan fingerprint density at radius 2 is 2.00 bits per heavy atom. The van der Waals surface area contributed by atoms with Crippen molar-refractivity contribution in [1.82, 2.24) is 0 Å². The Labute approximate surface area is 63.2 Å². The third-order valence-electron chi connectivity index (χ3n) is 1.36. The lowest BCUT2D eigenvalue weighted by molar-refractivity contribution is -0.0859. The summed E-state index contributed by atoms with van der Waals surface area (Å²) < 4.78 is 4.94. The molecule has 0 aliphatic heterocycles. The number of ether oxygens (including phenoxy) is 1. The molecule has 1 unspecified atom stereocenters. The van der Waals surface area contributed by atoms with Crippen molar-refractivity contribution in [2.24, 2.45) is 0 Å². The van der Waals surface area contributed by atoms with Gasteiger partial charge in [-0.05, 0) is 13.3 Å². The summed E-state index contributed by atoms with van der Waals surface area (Å²) in [6.45, 7) is 4.51. The van der Waals surface area contributed by atoms with Crippen LogP contribution in [0.5, 0.6) is 0 Å². The SMILES string of the molecule is CCCCCCOC(C)O. The van der Waals surface area contributed by atoms with E-state index in [1.807, 2.05) is 0 Å². The standard InChI is InChI=1S/C8H18O2/c1-3-4-5-6-7-10-8(2)9/h8-9H,3-7H2,1-2H3. The number of hydrogen-bond donors (Lipinski definition) is 1. The van der Waals surface area contributed by atoms with Gasteiger partial charge in [-0.15, -0.1) is 0 Å². The maximum atomic E-state index is 8.69. The molecule has 0 aromatic rings. The third-order valence-corrected chi connectivity index (χ3v) is 1.36. The molecule has 0 saturated heterocycles.